The first-order valence-corrected chi connectivity index (χ1v) is 7.99. The van der Waals surface area contributed by atoms with Crippen molar-refractivity contribution in [2.75, 3.05) is 33.3 Å². The number of benzene rings is 1. The summed E-state index contributed by atoms with van der Waals surface area (Å²) in [5.74, 6) is 0.408. The zero-order valence-corrected chi connectivity index (χ0v) is 16.4. The number of rotatable bonds is 6. The van der Waals surface area contributed by atoms with Gasteiger partial charge in [-0.2, -0.15) is 0 Å². The molecule has 2 N–H and O–H groups in total. The lowest BCUT2D eigenvalue weighted by molar-refractivity contribution is -0.385. The van der Waals surface area contributed by atoms with Crippen molar-refractivity contribution in [3.63, 3.8) is 0 Å². The molecule has 0 amide bonds. The van der Waals surface area contributed by atoms with Crippen LogP contribution in [0.15, 0.2) is 12.1 Å². The van der Waals surface area contributed by atoms with E-state index in [0.717, 1.165) is 32.6 Å². The number of phenolic OH excluding ortho intramolecular Hbond substituents is 1. The van der Waals surface area contributed by atoms with Gasteiger partial charge in [0.05, 0.1) is 18.1 Å². The first-order chi connectivity index (χ1) is 11.0. The maximum atomic E-state index is 11.2. The second-order valence-corrected chi connectivity index (χ2v) is 5.96. The van der Waals surface area contributed by atoms with Gasteiger partial charge in [-0.15, -0.1) is 24.8 Å². The molecule has 0 saturated carbocycles. The first-order valence-electron chi connectivity index (χ1n) is 7.99. The Hall–Kier alpha value is -1.28. The van der Waals surface area contributed by atoms with Gasteiger partial charge in [-0.25, -0.2) is 0 Å². The summed E-state index contributed by atoms with van der Waals surface area (Å²) >= 11 is 0. The number of piperazine rings is 1. The van der Waals surface area contributed by atoms with E-state index in [1.165, 1.54) is 19.2 Å². The molecule has 0 aromatic heterocycles. The maximum absolute atomic E-state index is 11.2. The Morgan fingerprint density at radius 3 is 2.44 bits per heavy atom. The van der Waals surface area contributed by atoms with Gasteiger partial charge < -0.3 is 15.2 Å². The summed E-state index contributed by atoms with van der Waals surface area (Å²) in [5.41, 5.74) is 0.519. The van der Waals surface area contributed by atoms with Crippen molar-refractivity contribution in [3.05, 3.63) is 27.8 Å². The number of non-ortho nitro benzene ring substituents is 1. The normalized spacial score (nSPS) is 16.9. The number of hydrogen-bond acceptors (Lipinski definition) is 6. The molecule has 25 heavy (non-hydrogen) atoms. The Labute approximate surface area is 160 Å². The Bertz CT molecular complexity index is 569. The highest BCUT2D eigenvalue weighted by Gasteiger charge is 2.31. The molecule has 9 heteroatoms. The number of nitro benzene ring substituents is 1. The molecule has 0 spiro atoms. The monoisotopic (exact) mass is 395 g/mol. The molecule has 2 rings (SSSR count). The molecule has 7 nitrogen and oxygen atoms in total. The predicted molar refractivity (Wildman–Crippen MR) is 102 cm³/mol. The fraction of sp³-hybridized carbons (Fsp3) is 0.625. The van der Waals surface area contributed by atoms with E-state index in [-0.39, 0.29) is 54.0 Å². The second-order valence-electron chi connectivity index (χ2n) is 5.96. The molecule has 1 saturated heterocycles. The Kier molecular flexibility index (Phi) is 10.1. The minimum Gasteiger partial charge on any atom is -0.504 e. The third-order valence-electron chi connectivity index (χ3n) is 4.57. The second kappa shape index (κ2) is 10.7. The van der Waals surface area contributed by atoms with Crippen LogP contribution in [-0.4, -0.2) is 48.2 Å². The molecule has 144 valence electrons. The van der Waals surface area contributed by atoms with Crippen molar-refractivity contribution in [3.8, 4) is 11.5 Å². The van der Waals surface area contributed by atoms with Crippen molar-refractivity contribution in [1.82, 2.24) is 10.2 Å². The van der Waals surface area contributed by atoms with Gasteiger partial charge in [0.1, 0.15) is 0 Å². The van der Waals surface area contributed by atoms with Gasteiger partial charge in [-0.05, 0) is 5.92 Å². The lowest BCUT2D eigenvalue weighted by Crippen LogP contribution is -2.46. The topological polar surface area (TPSA) is 87.9 Å². The van der Waals surface area contributed by atoms with Crippen molar-refractivity contribution in [1.29, 1.82) is 0 Å². The molecular formula is C16H27Cl2N3O4. The van der Waals surface area contributed by atoms with Crippen molar-refractivity contribution < 1.29 is 14.8 Å². The fourth-order valence-corrected chi connectivity index (χ4v) is 3.15. The third kappa shape index (κ3) is 5.34. The van der Waals surface area contributed by atoms with E-state index < -0.39 is 4.92 Å². The number of nitro groups is 1. The molecule has 0 bridgehead atoms. The molecule has 1 aliphatic heterocycles. The minimum atomic E-state index is -0.448. The Morgan fingerprint density at radius 1 is 1.36 bits per heavy atom. The van der Waals surface area contributed by atoms with E-state index in [0.29, 0.717) is 5.56 Å². The van der Waals surface area contributed by atoms with Gasteiger partial charge in [-0.1, -0.05) is 20.3 Å². The van der Waals surface area contributed by atoms with E-state index in [2.05, 4.69) is 24.1 Å². The van der Waals surface area contributed by atoms with Crippen LogP contribution in [0.5, 0.6) is 11.5 Å². The minimum absolute atomic E-state index is 0. The predicted octanol–water partition coefficient (Wildman–Crippen LogP) is 3.15. The summed E-state index contributed by atoms with van der Waals surface area (Å²) in [6.07, 6.45) is 0.916. The van der Waals surface area contributed by atoms with Crippen LogP contribution >= 0.6 is 24.8 Å². The van der Waals surface area contributed by atoms with Crippen molar-refractivity contribution >= 4 is 30.5 Å². The summed E-state index contributed by atoms with van der Waals surface area (Å²) in [4.78, 5) is 13.0. The van der Waals surface area contributed by atoms with Crippen LogP contribution in [0.1, 0.15) is 31.9 Å². The van der Waals surface area contributed by atoms with Crippen LogP contribution in [0.4, 0.5) is 5.69 Å². The van der Waals surface area contributed by atoms with E-state index >= 15 is 0 Å². The molecule has 1 unspecified atom stereocenters. The van der Waals surface area contributed by atoms with Crippen molar-refractivity contribution in [2.45, 2.75) is 26.3 Å². The highest BCUT2D eigenvalue weighted by atomic mass is 35.5. The zero-order chi connectivity index (χ0) is 17.0. The molecule has 1 fully saturated rings. The first kappa shape index (κ1) is 23.7. The quantitative estimate of drug-likeness (QED) is 0.568. The molecule has 1 aliphatic rings. The summed E-state index contributed by atoms with van der Waals surface area (Å²) in [7, 11) is 1.41. The lowest BCUT2D eigenvalue weighted by atomic mass is 9.89. The van der Waals surface area contributed by atoms with Crippen LogP contribution < -0.4 is 10.1 Å². The standard InChI is InChI=1S/C16H25N3O4.2ClH/c1-4-11(2)15(18-7-5-17-6-8-18)13-9-12(19(21)22)10-14(23-3)16(13)20;;/h9-11,15,17,20H,4-8H2,1-3H3;2*1H/t11?,15-;;/m0../s1. The van der Waals surface area contributed by atoms with Gasteiger partial charge in [0, 0.05) is 43.9 Å². The highest BCUT2D eigenvalue weighted by molar-refractivity contribution is 5.85. The average molecular weight is 396 g/mol. The van der Waals surface area contributed by atoms with Crippen LogP contribution in [0.3, 0.4) is 0 Å². The van der Waals surface area contributed by atoms with Gasteiger partial charge in [-0.3, -0.25) is 15.0 Å². The molecule has 1 aromatic carbocycles. The molecule has 2 atom stereocenters. The largest absolute Gasteiger partial charge is 0.504 e. The molecule has 0 aliphatic carbocycles. The van der Waals surface area contributed by atoms with Gasteiger partial charge in [0.2, 0.25) is 0 Å². The highest BCUT2D eigenvalue weighted by Crippen LogP contribution is 2.43. The van der Waals surface area contributed by atoms with Crippen LogP contribution in [0.25, 0.3) is 0 Å². The summed E-state index contributed by atoms with van der Waals surface area (Å²) in [6.45, 7) is 7.64. The number of aromatic hydroxyl groups is 1. The number of ether oxygens (including phenoxy) is 1. The Balaban J connectivity index is 0.00000288. The van der Waals surface area contributed by atoms with E-state index in [9.17, 15) is 15.2 Å². The van der Waals surface area contributed by atoms with Crippen LogP contribution in [0, 0.1) is 16.0 Å². The SMILES string of the molecule is CCC(C)[C@@H](c1cc([N+](=O)[O-])cc(OC)c1O)N1CCNCC1.Cl.Cl. The van der Waals surface area contributed by atoms with Gasteiger partial charge in [0.25, 0.3) is 5.69 Å². The number of halogens is 2. The number of nitrogens with zero attached hydrogens (tertiary/aromatic N) is 2. The van der Waals surface area contributed by atoms with E-state index in [4.69, 9.17) is 4.74 Å². The van der Waals surface area contributed by atoms with Gasteiger partial charge in [0.15, 0.2) is 11.5 Å². The molecule has 1 aromatic rings. The number of nitrogens with one attached hydrogen (secondary N) is 1. The Morgan fingerprint density at radius 2 is 1.96 bits per heavy atom. The van der Waals surface area contributed by atoms with Crippen LogP contribution in [-0.2, 0) is 0 Å². The number of methoxy groups -OCH3 is 1. The third-order valence-corrected chi connectivity index (χ3v) is 4.57. The van der Waals surface area contributed by atoms with E-state index in [1.54, 1.807) is 0 Å². The summed E-state index contributed by atoms with van der Waals surface area (Å²) in [5, 5.41) is 25.1. The van der Waals surface area contributed by atoms with Gasteiger partial charge >= 0.3 is 0 Å². The average Bonchev–Trinajstić information content (AvgIpc) is 2.57. The molecule has 1 heterocycles. The van der Waals surface area contributed by atoms with Crippen molar-refractivity contribution in [2.24, 2.45) is 5.92 Å². The molecular weight excluding hydrogens is 369 g/mol. The maximum Gasteiger partial charge on any atom is 0.273 e. The molecule has 0 radical (unpaired) electrons. The smallest absolute Gasteiger partial charge is 0.273 e. The van der Waals surface area contributed by atoms with E-state index in [1.807, 2.05) is 0 Å². The lowest BCUT2D eigenvalue weighted by Gasteiger charge is -2.38. The summed E-state index contributed by atoms with van der Waals surface area (Å²) < 4.78 is 5.14. The number of hydrogen-bond donors (Lipinski definition) is 2. The van der Waals surface area contributed by atoms with Crippen LogP contribution in [0.2, 0.25) is 0 Å². The number of phenols is 1. The zero-order valence-electron chi connectivity index (χ0n) is 14.7. The summed E-state index contributed by atoms with van der Waals surface area (Å²) in [6, 6.07) is 2.68. The fourth-order valence-electron chi connectivity index (χ4n) is 3.15.